The van der Waals surface area contributed by atoms with E-state index in [4.69, 9.17) is 5.73 Å². The van der Waals surface area contributed by atoms with Crippen LogP contribution in [0.1, 0.15) is 21.5 Å². The summed E-state index contributed by atoms with van der Waals surface area (Å²) in [5, 5.41) is 3.68. The first-order valence-electron chi connectivity index (χ1n) is 11.1. The summed E-state index contributed by atoms with van der Waals surface area (Å²) >= 11 is 0. The highest BCUT2D eigenvalue weighted by atomic mass is 16.2. The molecule has 4 N–H and O–H groups in total. The predicted octanol–water partition coefficient (Wildman–Crippen LogP) is 5.51. The quantitative estimate of drug-likeness (QED) is 0.293. The number of hydrogen-bond acceptors (Lipinski definition) is 3. The molecular formula is C29H22N4O2. The second kappa shape index (κ2) is 9.49. The first-order valence-corrected chi connectivity index (χ1v) is 11.1. The summed E-state index contributed by atoms with van der Waals surface area (Å²) in [5.74, 6) is -0.787. The fourth-order valence-corrected chi connectivity index (χ4v) is 4.01. The highest BCUT2D eigenvalue weighted by Crippen LogP contribution is 2.29. The maximum Gasteiger partial charge on any atom is 0.255 e. The number of benzene rings is 3. The summed E-state index contributed by atoms with van der Waals surface area (Å²) in [6.07, 6.45) is 5.07. The number of nitrogens with zero attached hydrogens (tertiary/aromatic N) is 1. The summed E-state index contributed by atoms with van der Waals surface area (Å²) in [6, 6.07) is 28.4. The van der Waals surface area contributed by atoms with Gasteiger partial charge in [-0.25, -0.2) is 4.98 Å². The summed E-state index contributed by atoms with van der Waals surface area (Å²) in [5.41, 5.74) is 11.3. The number of carbonyl (C=O) groups excluding carboxylic acids is 2. The number of nitrogens with one attached hydrogen (secondary N) is 2. The lowest BCUT2D eigenvalue weighted by molar-refractivity contribution is -0.112. The largest absolute Gasteiger partial charge is 0.366 e. The average molecular weight is 459 g/mol. The molecule has 2 amide bonds. The minimum atomic E-state index is -0.543. The standard InChI is InChI=1S/C29H22N4O2/c30-27(34)24(21-9-5-2-6-10-21)17-23-18-32-28-26(23)25(15-16-31-28)33-29(35)22-13-11-20(12-14-22)19-7-3-1-4-8-19/h1-18H,(H2,30,34)(H2,31,32,33,35). The van der Waals surface area contributed by atoms with Crippen LogP contribution in [0.4, 0.5) is 5.69 Å². The van der Waals surface area contributed by atoms with Crippen molar-refractivity contribution >= 4 is 40.2 Å². The predicted molar refractivity (Wildman–Crippen MR) is 139 cm³/mol. The number of aromatic amines is 1. The lowest BCUT2D eigenvalue weighted by Crippen LogP contribution is -2.13. The van der Waals surface area contributed by atoms with Crippen molar-refractivity contribution in [3.63, 3.8) is 0 Å². The van der Waals surface area contributed by atoms with Crippen LogP contribution in [0.3, 0.4) is 0 Å². The Morgan fingerprint density at radius 1 is 0.800 bits per heavy atom. The molecule has 0 spiro atoms. The zero-order valence-electron chi connectivity index (χ0n) is 18.7. The molecule has 35 heavy (non-hydrogen) atoms. The normalized spacial score (nSPS) is 11.4. The molecule has 0 unspecified atom stereocenters. The molecule has 2 heterocycles. The second-order valence-electron chi connectivity index (χ2n) is 8.01. The minimum Gasteiger partial charge on any atom is -0.366 e. The van der Waals surface area contributed by atoms with E-state index >= 15 is 0 Å². The van der Waals surface area contributed by atoms with Gasteiger partial charge in [0.05, 0.1) is 5.69 Å². The van der Waals surface area contributed by atoms with E-state index in [9.17, 15) is 9.59 Å². The van der Waals surface area contributed by atoms with Crippen LogP contribution in [0.2, 0.25) is 0 Å². The second-order valence-corrected chi connectivity index (χ2v) is 8.01. The number of H-pyrrole nitrogens is 1. The molecule has 0 fully saturated rings. The molecule has 5 rings (SSSR count). The molecule has 0 aliphatic carbocycles. The van der Waals surface area contributed by atoms with Gasteiger partial charge in [0, 0.05) is 34.5 Å². The average Bonchev–Trinajstić information content (AvgIpc) is 3.32. The van der Waals surface area contributed by atoms with Crippen molar-refractivity contribution in [1.29, 1.82) is 0 Å². The number of aromatic nitrogens is 2. The fraction of sp³-hybridized carbons (Fsp3) is 0. The first kappa shape index (κ1) is 21.9. The highest BCUT2D eigenvalue weighted by molar-refractivity contribution is 6.24. The monoisotopic (exact) mass is 458 g/mol. The Morgan fingerprint density at radius 3 is 2.14 bits per heavy atom. The van der Waals surface area contributed by atoms with Crippen molar-refractivity contribution in [3.05, 3.63) is 120 Å². The number of anilines is 1. The SMILES string of the molecule is NC(=O)C(=Cc1c[nH]c2nccc(NC(=O)c3ccc(-c4ccccc4)cc3)c12)c1ccccc1. The maximum absolute atomic E-state index is 13.1. The van der Waals surface area contributed by atoms with Crippen molar-refractivity contribution in [2.75, 3.05) is 5.32 Å². The lowest BCUT2D eigenvalue weighted by atomic mass is 10.0. The molecule has 0 aliphatic heterocycles. The molecule has 3 aromatic carbocycles. The van der Waals surface area contributed by atoms with E-state index in [2.05, 4.69) is 15.3 Å². The fourth-order valence-electron chi connectivity index (χ4n) is 4.01. The third-order valence-corrected chi connectivity index (χ3v) is 5.76. The van der Waals surface area contributed by atoms with E-state index in [1.54, 1.807) is 36.7 Å². The Bertz CT molecular complexity index is 1540. The van der Waals surface area contributed by atoms with Gasteiger partial charge in [0.1, 0.15) is 5.65 Å². The molecule has 170 valence electrons. The molecule has 5 aromatic rings. The molecule has 0 aliphatic rings. The number of carbonyl (C=O) groups is 2. The van der Waals surface area contributed by atoms with E-state index in [1.165, 1.54) is 0 Å². The third kappa shape index (κ3) is 4.58. The van der Waals surface area contributed by atoms with Crippen LogP contribution in [-0.4, -0.2) is 21.8 Å². The van der Waals surface area contributed by atoms with Gasteiger partial charge in [0.15, 0.2) is 0 Å². The van der Waals surface area contributed by atoms with Crippen LogP contribution in [0.15, 0.2) is 103 Å². The van der Waals surface area contributed by atoms with Gasteiger partial charge in [-0.15, -0.1) is 0 Å². The van der Waals surface area contributed by atoms with Gasteiger partial charge in [0.25, 0.3) is 5.91 Å². The molecule has 0 bridgehead atoms. The Kier molecular flexibility index (Phi) is 5.92. The molecule has 6 nitrogen and oxygen atoms in total. The van der Waals surface area contributed by atoms with Gasteiger partial charge < -0.3 is 16.0 Å². The molecule has 2 aromatic heterocycles. The van der Waals surface area contributed by atoms with E-state index in [1.807, 2.05) is 72.8 Å². The molecule has 0 radical (unpaired) electrons. The smallest absolute Gasteiger partial charge is 0.255 e. The number of pyridine rings is 1. The molecule has 0 saturated heterocycles. The van der Waals surface area contributed by atoms with E-state index in [0.717, 1.165) is 11.1 Å². The Hall–Kier alpha value is -4.97. The Balaban J connectivity index is 1.47. The van der Waals surface area contributed by atoms with Gasteiger partial charge in [-0.3, -0.25) is 9.59 Å². The lowest BCUT2D eigenvalue weighted by Gasteiger charge is -2.09. The topological polar surface area (TPSA) is 101 Å². The zero-order chi connectivity index (χ0) is 24.2. The van der Waals surface area contributed by atoms with Crippen LogP contribution in [0.5, 0.6) is 0 Å². The number of rotatable bonds is 6. The maximum atomic E-state index is 13.1. The van der Waals surface area contributed by atoms with Gasteiger partial charge in [0.2, 0.25) is 5.91 Å². The van der Waals surface area contributed by atoms with E-state index in [0.29, 0.717) is 39.0 Å². The van der Waals surface area contributed by atoms with Gasteiger partial charge in [-0.05, 0) is 41.0 Å². The van der Waals surface area contributed by atoms with Crippen LogP contribution < -0.4 is 11.1 Å². The highest BCUT2D eigenvalue weighted by Gasteiger charge is 2.15. The van der Waals surface area contributed by atoms with Gasteiger partial charge in [-0.2, -0.15) is 0 Å². The van der Waals surface area contributed by atoms with Crippen LogP contribution >= 0.6 is 0 Å². The van der Waals surface area contributed by atoms with E-state index < -0.39 is 5.91 Å². The zero-order valence-corrected chi connectivity index (χ0v) is 18.7. The Morgan fingerprint density at radius 2 is 1.46 bits per heavy atom. The van der Waals surface area contributed by atoms with Crippen LogP contribution in [0, 0.1) is 0 Å². The summed E-state index contributed by atoms with van der Waals surface area (Å²) < 4.78 is 0. The van der Waals surface area contributed by atoms with E-state index in [-0.39, 0.29) is 5.91 Å². The van der Waals surface area contributed by atoms with Crippen molar-refractivity contribution in [1.82, 2.24) is 9.97 Å². The van der Waals surface area contributed by atoms with Crippen molar-refractivity contribution in [2.24, 2.45) is 5.73 Å². The van der Waals surface area contributed by atoms with Crippen molar-refractivity contribution in [2.45, 2.75) is 0 Å². The van der Waals surface area contributed by atoms with Gasteiger partial charge in [-0.1, -0.05) is 72.8 Å². The Labute approximate surface area is 202 Å². The van der Waals surface area contributed by atoms with Crippen LogP contribution in [0.25, 0.3) is 33.8 Å². The molecule has 6 heteroatoms. The van der Waals surface area contributed by atoms with Gasteiger partial charge >= 0.3 is 0 Å². The van der Waals surface area contributed by atoms with Crippen molar-refractivity contribution in [3.8, 4) is 11.1 Å². The summed E-state index contributed by atoms with van der Waals surface area (Å²) in [6.45, 7) is 0. The third-order valence-electron chi connectivity index (χ3n) is 5.76. The molecular weight excluding hydrogens is 436 g/mol. The summed E-state index contributed by atoms with van der Waals surface area (Å²) in [7, 11) is 0. The molecule has 0 atom stereocenters. The minimum absolute atomic E-state index is 0.244. The first-order chi connectivity index (χ1) is 17.1. The number of fused-ring (bicyclic) bond motifs is 1. The number of primary amides is 1. The number of amides is 2. The van der Waals surface area contributed by atoms with Crippen LogP contribution in [-0.2, 0) is 4.79 Å². The number of nitrogens with two attached hydrogens (primary N) is 1. The molecule has 0 saturated carbocycles. The number of hydrogen-bond donors (Lipinski definition) is 3. The van der Waals surface area contributed by atoms with Crippen molar-refractivity contribution < 1.29 is 9.59 Å². The summed E-state index contributed by atoms with van der Waals surface area (Å²) in [4.78, 5) is 32.7.